The number of aromatic nitrogens is 2. The van der Waals surface area contributed by atoms with Gasteiger partial charge in [-0.3, -0.25) is 4.68 Å². The lowest BCUT2D eigenvalue weighted by atomic mass is 10.2. The summed E-state index contributed by atoms with van der Waals surface area (Å²) in [6, 6.07) is 9.63. The highest BCUT2D eigenvalue weighted by Gasteiger charge is 2.23. The summed E-state index contributed by atoms with van der Waals surface area (Å²) < 4.78 is 11.9. The minimum absolute atomic E-state index is 0.122. The van der Waals surface area contributed by atoms with Crippen molar-refractivity contribution < 1.29 is 19.4 Å². The quantitative estimate of drug-likeness (QED) is 0.817. The third-order valence-electron chi connectivity index (χ3n) is 2.99. The predicted molar refractivity (Wildman–Crippen MR) is 76.2 cm³/mol. The third-order valence-corrected chi connectivity index (χ3v) is 2.99. The number of benzene rings is 1. The van der Waals surface area contributed by atoms with Gasteiger partial charge in [0.05, 0.1) is 20.3 Å². The van der Waals surface area contributed by atoms with Gasteiger partial charge >= 0.3 is 5.97 Å². The summed E-state index contributed by atoms with van der Waals surface area (Å²) in [5.74, 6) is -0.147. The second-order valence-electron chi connectivity index (χ2n) is 4.48. The first kappa shape index (κ1) is 15.1. The Morgan fingerprint density at radius 3 is 2.67 bits per heavy atom. The van der Waals surface area contributed by atoms with Gasteiger partial charge in [-0.15, -0.1) is 0 Å². The van der Waals surface area contributed by atoms with Gasteiger partial charge in [0.2, 0.25) is 0 Å². The summed E-state index contributed by atoms with van der Waals surface area (Å²) in [6.45, 7) is 2.17. The first-order valence-electron chi connectivity index (χ1n) is 6.60. The molecule has 0 aliphatic heterocycles. The van der Waals surface area contributed by atoms with Crippen molar-refractivity contribution in [3.8, 4) is 5.75 Å². The normalized spacial score (nSPS) is 10.4. The van der Waals surface area contributed by atoms with Crippen LogP contribution in [0.4, 0.5) is 0 Å². The zero-order valence-corrected chi connectivity index (χ0v) is 12.1. The highest BCUT2D eigenvalue weighted by molar-refractivity contribution is 5.91. The van der Waals surface area contributed by atoms with E-state index in [1.54, 1.807) is 6.92 Å². The molecule has 0 spiro atoms. The molecule has 0 aliphatic rings. The molecule has 0 saturated heterocycles. The van der Waals surface area contributed by atoms with Gasteiger partial charge in [0.15, 0.2) is 11.4 Å². The Hall–Kier alpha value is -2.34. The SMILES string of the molecule is COC(=O)c1c(OCc2ccccc2)c(C)nn1CCO. The van der Waals surface area contributed by atoms with Crippen LogP contribution in [0.3, 0.4) is 0 Å². The van der Waals surface area contributed by atoms with E-state index in [9.17, 15) is 4.79 Å². The van der Waals surface area contributed by atoms with E-state index in [-0.39, 0.29) is 18.8 Å². The van der Waals surface area contributed by atoms with E-state index in [2.05, 4.69) is 5.10 Å². The molecule has 6 nitrogen and oxygen atoms in total. The summed E-state index contributed by atoms with van der Waals surface area (Å²) in [7, 11) is 1.30. The second kappa shape index (κ2) is 6.90. The zero-order valence-electron chi connectivity index (χ0n) is 12.1. The van der Waals surface area contributed by atoms with E-state index in [1.807, 2.05) is 30.3 Å². The highest BCUT2D eigenvalue weighted by atomic mass is 16.5. The molecule has 0 saturated carbocycles. The Morgan fingerprint density at radius 1 is 1.33 bits per heavy atom. The number of methoxy groups -OCH3 is 1. The minimum atomic E-state index is -0.535. The fourth-order valence-electron chi connectivity index (χ4n) is 2.02. The summed E-state index contributed by atoms with van der Waals surface area (Å²) in [4.78, 5) is 11.9. The molecule has 112 valence electrons. The van der Waals surface area contributed by atoms with Crippen molar-refractivity contribution in [1.82, 2.24) is 9.78 Å². The monoisotopic (exact) mass is 290 g/mol. The van der Waals surface area contributed by atoms with E-state index >= 15 is 0 Å². The summed E-state index contributed by atoms with van der Waals surface area (Å²) >= 11 is 0. The van der Waals surface area contributed by atoms with E-state index in [1.165, 1.54) is 11.8 Å². The van der Waals surface area contributed by atoms with Crippen LogP contribution in [0.1, 0.15) is 21.7 Å². The molecule has 0 bridgehead atoms. The molecular formula is C15H18N2O4. The van der Waals surface area contributed by atoms with Gasteiger partial charge < -0.3 is 14.6 Å². The molecule has 2 rings (SSSR count). The fourth-order valence-corrected chi connectivity index (χ4v) is 2.02. The summed E-state index contributed by atoms with van der Waals surface area (Å²) in [6.07, 6.45) is 0. The molecule has 0 radical (unpaired) electrons. The Kier molecular flexibility index (Phi) is 4.94. The topological polar surface area (TPSA) is 73.6 Å². The molecule has 6 heteroatoms. The van der Waals surface area contributed by atoms with Crippen LogP contribution in [-0.4, -0.2) is 34.6 Å². The van der Waals surface area contributed by atoms with E-state index in [4.69, 9.17) is 14.6 Å². The van der Waals surface area contributed by atoms with E-state index in [0.717, 1.165) is 5.56 Å². The van der Waals surface area contributed by atoms with Crippen molar-refractivity contribution in [2.75, 3.05) is 13.7 Å². The zero-order chi connectivity index (χ0) is 15.2. The lowest BCUT2D eigenvalue weighted by molar-refractivity contribution is 0.0579. The lowest BCUT2D eigenvalue weighted by Gasteiger charge is -2.08. The van der Waals surface area contributed by atoms with Crippen molar-refractivity contribution >= 4 is 5.97 Å². The van der Waals surface area contributed by atoms with Gasteiger partial charge in [0, 0.05) is 0 Å². The number of hydrogen-bond donors (Lipinski definition) is 1. The average Bonchev–Trinajstić information content (AvgIpc) is 2.81. The number of aliphatic hydroxyl groups is 1. The van der Waals surface area contributed by atoms with Crippen LogP contribution >= 0.6 is 0 Å². The van der Waals surface area contributed by atoms with Crippen LogP contribution in [0.2, 0.25) is 0 Å². The van der Waals surface area contributed by atoms with Crippen LogP contribution in [0.15, 0.2) is 30.3 Å². The van der Waals surface area contributed by atoms with Crippen LogP contribution in [-0.2, 0) is 17.9 Å². The molecule has 1 heterocycles. The maximum Gasteiger partial charge on any atom is 0.360 e. The maximum absolute atomic E-state index is 11.9. The standard InChI is InChI=1S/C15H18N2O4/c1-11-14(21-10-12-6-4-3-5-7-12)13(15(19)20-2)17(16-11)8-9-18/h3-7,18H,8-10H2,1-2H3. The molecule has 0 atom stereocenters. The van der Waals surface area contributed by atoms with Crippen molar-refractivity contribution in [3.05, 3.63) is 47.3 Å². The van der Waals surface area contributed by atoms with E-state index in [0.29, 0.717) is 18.1 Å². The minimum Gasteiger partial charge on any atom is -0.484 e. The van der Waals surface area contributed by atoms with Gasteiger partial charge in [-0.2, -0.15) is 5.10 Å². The Balaban J connectivity index is 2.27. The molecule has 21 heavy (non-hydrogen) atoms. The molecule has 1 aromatic heterocycles. The number of hydrogen-bond acceptors (Lipinski definition) is 5. The van der Waals surface area contributed by atoms with Crippen molar-refractivity contribution in [3.63, 3.8) is 0 Å². The number of nitrogens with zero attached hydrogens (tertiary/aromatic N) is 2. The van der Waals surface area contributed by atoms with Gasteiger partial charge in [-0.25, -0.2) is 4.79 Å². The maximum atomic E-state index is 11.9. The van der Waals surface area contributed by atoms with Crippen LogP contribution in [0, 0.1) is 6.92 Å². The third kappa shape index (κ3) is 3.41. The predicted octanol–water partition coefficient (Wildman–Crippen LogP) is 1.55. The van der Waals surface area contributed by atoms with Crippen LogP contribution < -0.4 is 4.74 Å². The molecule has 2 aromatic rings. The highest BCUT2D eigenvalue weighted by Crippen LogP contribution is 2.25. The fraction of sp³-hybridized carbons (Fsp3) is 0.333. The summed E-state index contributed by atoms with van der Waals surface area (Å²) in [5.41, 5.74) is 1.79. The van der Waals surface area contributed by atoms with E-state index < -0.39 is 5.97 Å². The number of aryl methyl sites for hydroxylation is 1. The van der Waals surface area contributed by atoms with Crippen molar-refractivity contribution in [1.29, 1.82) is 0 Å². The number of esters is 1. The number of ether oxygens (including phenoxy) is 2. The van der Waals surface area contributed by atoms with Crippen molar-refractivity contribution in [2.45, 2.75) is 20.1 Å². The molecule has 0 aliphatic carbocycles. The Morgan fingerprint density at radius 2 is 2.05 bits per heavy atom. The number of rotatable bonds is 6. The summed E-state index contributed by atoms with van der Waals surface area (Å²) in [5, 5.41) is 13.3. The Bertz CT molecular complexity index is 608. The molecule has 0 amide bonds. The largest absolute Gasteiger partial charge is 0.484 e. The molecule has 1 N–H and O–H groups in total. The first-order valence-corrected chi connectivity index (χ1v) is 6.60. The Labute approximate surface area is 122 Å². The number of aliphatic hydroxyl groups excluding tert-OH is 1. The van der Waals surface area contributed by atoms with Gasteiger partial charge in [-0.05, 0) is 12.5 Å². The molecule has 0 unspecified atom stereocenters. The first-order chi connectivity index (χ1) is 10.2. The second-order valence-corrected chi connectivity index (χ2v) is 4.48. The van der Waals surface area contributed by atoms with Gasteiger partial charge in [0.1, 0.15) is 12.3 Å². The van der Waals surface area contributed by atoms with Crippen molar-refractivity contribution in [2.24, 2.45) is 0 Å². The molecular weight excluding hydrogens is 272 g/mol. The van der Waals surface area contributed by atoms with Gasteiger partial charge in [0.25, 0.3) is 0 Å². The number of carbonyl (C=O) groups excluding carboxylic acids is 1. The smallest absolute Gasteiger partial charge is 0.360 e. The molecule has 0 fully saturated rings. The lowest BCUT2D eigenvalue weighted by Crippen LogP contribution is -2.15. The molecule has 1 aromatic carbocycles. The number of carbonyl (C=O) groups is 1. The van der Waals surface area contributed by atoms with Crippen LogP contribution in [0.25, 0.3) is 0 Å². The van der Waals surface area contributed by atoms with Gasteiger partial charge in [-0.1, -0.05) is 30.3 Å². The van der Waals surface area contributed by atoms with Crippen LogP contribution in [0.5, 0.6) is 5.75 Å². The average molecular weight is 290 g/mol.